The van der Waals surface area contributed by atoms with E-state index in [0.29, 0.717) is 12.0 Å². The third-order valence-electron chi connectivity index (χ3n) is 3.04. The van der Waals surface area contributed by atoms with Crippen molar-refractivity contribution in [1.29, 1.82) is 0 Å². The highest BCUT2D eigenvalue weighted by Crippen LogP contribution is 2.19. The van der Waals surface area contributed by atoms with Crippen LogP contribution in [-0.4, -0.2) is 35.4 Å². The number of hydrogen-bond donors (Lipinski definition) is 2. The number of nitrogens with zero attached hydrogens (tertiary/aromatic N) is 1. The summed E-state index contributed by atoms with van der Waals surface area (Å²) in [7, 11) is 0. The first-order valence-corrected chi connectivity index (χ1v) is 5.70. The molecule has 1 aliphatic heterocycles. The number of pyridine rings is 1. The van der Waals surface area contributed by atoms with Crippen molar-refractivity contribution in [3.63, 3.8) is 0 Å². The van der Waals surface area contributed by atoms with Crippen LogP contribution in [0.2, 0.25) is 0 Å². The summed E-state index contributed by atoms with van der Waals surface area (Å²) in [6.07, 6.45) is 4.51. The summed E-state index contributed by atoms with van der Waals surface area (Å²) in [5, 5.41) is 12.4. The predicted molar refractivity (Wildman–Crippen MR) is 61.3 cm³/mol. The molecule has 1 saturated heterocycles. The van der Waals surface area contributed by atoms with E-state index in [9.17, 15) is 0 Å². The molecule has 16 heavy (non-hydrogen) atoms. The fraction of sp³-hybridized carbons (Fsp3) is 0.583. The molecule has 0 aromatic carbocycles. The Morgan fingerprint density at radius 2 is 2.56 bits per heavy atom. The standard InChI is InChI=1S/C12H18N2O2/c1-9(12-5-10(8-15)6-14-12)16-11-3-2-4-13-7-11/h2-4,7,9-10,12,14-15H,5-6,8H2,1H3/t9?,10-,12+/m1/s1. The Morgan fingerprint density at radius 3 is 3.19 bits per heavy atom. The van der Waals surface area contributed by atoms with Crippen LogP contribution >= 0.6 is 0 Å². The molecule has 1 aliphatic rings. The van der Waals surface area contributed by atoms with E-state index in [-0.39, 0.29) is 12.7 Å². The molecule has 3 atom stereocenters. The minimum absolute atomic E-state index is 0.0979. The van der Waals surface area contributed by atoms with E-state index >= 15 is 0 Å². The van der Waals surface area contributed by atoms with Crippen LogP contribution in [0, 0.1) is 5.92 Å². The summed E-state index contributed by atoms with van der Waals surface area (Å²) < 4.78 is 5.78. The highest BCUT2D eigenvalue weighted by atomic mass is 16.5. The van der Waals surface area contributed by atoms with E-state index in [1.165, 1.54) is 0 Å². The minimum Gasteiger partial charge on any atom is -0.487 e. The zero-order valence-corrected chi connectivity index (χ0v) is 9.47. The van der Waals surface area contributed by atoms with Crippen LogP contribution in [0.25, 0.3) is 0 Å². The first kappa shape index (κ1) is 11.4. The van der Waals surface area contributed by atoms with E-state index in [1.54, 1.807) is 12.4 Å². The van der Waals surface area contributed by atoms with Crippen LogP contribution in [0.1, 0.15) is 13.3 Å². The lowest BCUT2D eigenvalue weighted by molar-refractivity contribution is 0.172. The summed E-state index contributed by atoms with van der Waals surface area (Å²) in [4.78, 5) is 4.01. The van der Waals surface area contributed by atoms with E-state index in [0.717, 1.165) is 18.7 Å². The van der Waals surface area contributed by atoms with Gasteiger partial charge in [0.2, 0.25) is 0 Å². The van der Waals surface area contributed by atoms with Gasteiger partial charge in [-0.25, -0.2) is 0 Å². The van der Waals surface area contributed by atoms with Gasteiger partial charge < -0.3 is 15.2 Å². The Morgan fingerprint density at radius 1 is 1.69 bits per heavy atom. The third kappa shape index (κ3) is 2.71. The van der Waals surface area contributed by atoms with Gasteiger partial charge in [0.1, 0.15) is 11.9 Å². The molecule has 1 fully saturated rings. The molecule has 1 aromatic heterocycles. The van der Waals surface area contributed by atoms with Gasteiger partial charge in [0.25, 0.3) is 0 Å². The number of aromatic nitrogens is 1. The monoisotopic (exact) mass is 222 g/mol. The van der Waals surface area contributed by atoms with Crippen LogP contribution in [0.3, 0.4) is 0 Å². The van der Waals surface area contributed by atoms with Gasteiger partial charge >= 0.3 is 0 Å². The molecule has 2 N–H and O–H groups in total. The molecule has 0 aliphatic carbocycles. The molecule has 2 heterocycles. The van der Waals surface area contributed by atoms with Crippen molar-refractivity contribution in [1.82, 2.24) is 10.3 Å². The van der Waals surface area contributed by atoms with Crippen LogP contribution in [-0.2, 0) is 0 Å². The highest BCUT2D eigenvalue weighted by molar-refractivity contribution is 5.16. The molecule has 0 radical (unpaired) electrons. The Kier molecular flexibility index (Phi) is 3.74. The van der Waals surface area contributed by atoms with E-state index in [2.05, 4.69) is 10.3 Å². The molecule has 4 heteroatoms. The molecule has 1 aromatic rings. The van der Waals surface area contributed by atoms with Crippen LogP contribution in [0.5, 0.6) is 5.75 Å². The van der Waals surface area contributed by atoms with Gasteiger partial charge in [0.15, 0.2) is 0 Å². The lowest BCUT2D eigenvalue weighted by Gasteiger charge is -2.21. The summed E-state index contributed by atoms with van der Waals surface area (Å²) in [6.45, 7) is 3.18. The quantitative estimate of drug-likeness (QED) is 0.792. The maximum atomic E-state index is 9.06. The molecular formula is C12H18N2O2. The number of rotatable bonds is 4. The summed E-state index contributed by atoms with van der Waals surface area (Å²) in [5.41, 5.74) is 0. The molecule has 4 nitrogen and oxygen atoms in total. The van der Waals surface area contributed by atoms with Crippen molar-refractivity contribution in [3.8, 4) is 5.75 Å². The van der Waals surface area contributed by atoms with Gasteiger partial charge in [0.05, 0.1) is 6.20 Å². The smallest absolute Gasteiger partial charge is 0.138 e. The van der Waals surface area contributed by atoms with Gasteiger partial charge in [-0.3, -0.25) is 4.98 Å². The molecular weight excluding hydrogens is 204 g/mol. The fourth-order valence-corrected chi connectivity index (χ4v) is 2.05. The van der Waals surface area contributed by atoms with Gasteiger partial charge in [0, 0.05) is 25.4 Å². The zero-order valence-electron chi connectivity index (χ0n) is 9.47. The van der Waals surface area contributed by atoms with Crippen molar-refractivity contribution in [2.75, 3.05) is 13.2 Å². The average Bonchev–Trinajstić information content (AvgIpc) is 2.79. The fourth-order valence-electron chi connectivity index (χ4n) is 2.05. The van der Waals surface area contributed by atoms with E-state index in [4.69, 9.17) is 9.84 Å². The number of hydrogen-bond acceptors (Lipinski definition) is 4. The maximum absolute atomic E-state index is 9.06. The first-order valence-electron chi connectivity index (χ1n) is 5.70. The van der Waals surface area contributed by atoms with Crippen LogP contribution in [0.15, 0.2) is 24.5 Å². The molecule has 0 bridgehead atoms. The van der Waals surface area contributed by atoms with Gasteiger partial charge in [-0.1, -0.05) is 0 Å². The van der Waals surface area contributed by atoms with Gasteiger partial charge in [-0.05, 0) is 31.4 Å². The van der Waals surface area contributed by atoms with Crippen LogP contribution in [0.4, 0.5) is 0 Å². The minimum atomic E-state index is 0.0979. The Labute approximate surface area is 95.7 Å². The number of aliphatic hydroxyl groups is 1. The summed E-state index contributed by atoms with van der Waals surface area (Å²) in [5.74, 6) is 1.16. The normalized spacial score (nSPS) is 26.6. The molecule has 0 spiro atoms. The van der Waals surface area contributed by atoms with Crippen molar-refractivity contribution in [2.45, 2.75) is 25.5 Å². The lowest BCUT2D eigenvalue weighted by atomic mass is 10.0. The van der Waals surface area contributed by atoms with Crippen molar-refractivity contribution >= 4 is 0 Å². The molecule has 88 valence electrons. The Hall–Kier alpha value is -1.13. The van der Waals surface area contributed by atoms with Crippen molar-refractivity contribution in [2.24, 2.45) is 5.92 Å². The second kappa shape index (κ2) is 5.27. The Bertz CT molecular complexity index is 318. The molecule has 1 unspecified atom stereocenters. The first-order chi connectivity index (χ1) is 7.79. The van der Waals surface area contributed by atoms with Crippen molar-refractivity contribution in [3.05, 3.63) is 24.5 Å². The second-order valence-electron chi connectivity index (χ2n) is 4.31. The molecule has 2 rings (SSSR count). The van der Waals surface area contributed by atoms with E-state index < -0.39 is 0 Å². The third-order valence-corrected chi connectivity index (χ3v) is 3.04. The maximum Gasteiger partial charge on any atom is 0.138 e. The van der Waals surface area contributed by atoms with E-state index in [1.807, 2.05) is 19.1 Å². The largest absolute Gasteiger partial charge is 0.487 e. The summed E-state index contributed by atoms with van der Waals surface area (Å²) >= 11 is 0. The second-order valence-corrected chi connectivity index (χ2v) is 4.31. The van der Waals surface area contributed by atoms with Gasteiger partial charge in [-0.15, -0.1) is 0 Å². The molecule has 0 amide bonds. The predicted octanol–water partition coefficient (Wildman–Crippen LogP) is 0.819. The molecule has 0 saturated carbocycles. The summed E-state index contributed by atoms with van der Waals surface area (Å²) in [6, 6.07) is 4.08. The SMILES string of the molecule is CC(Oc1cccnc1)[C@@H]1C[C@@H](CO)CN1. The number of nitrogens with one attached hydrogen (secondary N) is 1. The lowest BCUT2D eigenvalue weighted by Crippen LogP contribution is -2.36. The average molecular weight is 222 g/mol. The number of ether oxygens (including phenoxy) is 1. The zero-order chi connectivity index (χ0) is 11.4. The van der Waals surface area contributed by atoms with Crippen LogP contribution < -0.4 is 10.1 Å². The topological polar surface area (TPSA) is 54.4 Å². The van der Waals surface area contributed by atoms with Crippen molar-refractivity contribution < 1.29 is 9.84 Å². The Balaban J connectivity index is 1.87. The van der Waals surface area contributed by atoms with Gasteiger partial charge in [-0.2, -0.15) is 0 Å². The highest BCUT2D eigenvalue weighted by Gasteiger charge is 2.28. The number of aliphatic hydroxyl groups excluding tert-OH is 1.